The maximum absolute atomic E-state index is 13.0. The van der Waals surface area contributed by atoms with Crippen LogP contribution in [-0.4, -0.2) is 10.9 Å². The molecule has 3 nitrogen and oxygen atoms in total. The Morgan fingerprint density at radius 3 is 2.68 bits per heavy atom. The fourth-order valence-corrected chi connectivity index (χ4v) is 3.58. The highest BCUT2D eigenvalue weighted by molar-refractivity contribution is 7.13. The maximum atomic E-state index is 13.0. The lowest BCUT2D eigenvalue weighted by Crippen LogP contribution is -2.28. The molecule has 1 aromatic heterocycles. The second-order valence-corrected chi connectivity index (χ2v) is 6.91. The van der Waals surface area contributed by atoms with Gasteiger partial charge in [-0.2, -0.15) is 0 Å². The first-order chi connectivity index (χ1) is 12.0. The maximum Gasteiger partial charge on any atom is 0.226 e. The zero-order valence-corrected chi connectivity index (χ0v) is 15.1. The van der Waals surface area contributed by atoms with Crippen molar-refractivity contribution in [3.05, 3.63) is 76.0 Å². The number of halogens is 2. The van der Waals surface area contributed by atoms with Crippen molar-refractivity contribution in [1.29, 1.82) is 0 Å². The largest absolute Gasteiger partial charge is 0.349 e. The van der Waals surface area contributed by atoms with Crippen LogP contribution in [0.4, 0.5) is 4.39 Å². The number of benzene rings is 2. The summed E-state index contributed by atoms with van der Waals surface area (Å²) in [6.07, 6.45) is 0.187. The number of rotatable bonds is 5. The van der Waals surface area contributed by atoms with Gasteiger partial charge < -0.3 is 5.32 Å². The predicted octanol–water partition coefficient (Wildman–Crippen LogP) is 5.02. The van der Waals surface area contributed by atoms with Crippen LogP contribution in [0.3, 0.4) is 0 Å². The fourth-order valence-electron chi connectivity index (χ4n) is 2.44. The summed E-state index contributed by atoms with van der Waals surface area (Å²) >= 11 is 7.64. The molecule has 25 heavy (non-hydrogen) atoms. The molecule has 0 unspecified atom stereocenters. The van der Waals surface area contributed by atoms with Crippen molar-refractivity contribution in [2.45, 2.75) is 19.4 Å². The molecule has 3 aromatic rings. The SMILES string of the molecule is C[C@H](NC(=O)Cc1csc(-c2ccccc2Cl)n1)c1ccc(F)cc1. The zero-order chi connectivity index (χ0) is 17.8. The lowest BCUT2D eigenvalue weighted by Gasteiger charge is -2.13. The normalized spacial score (nSPS) is 12.0. The van der Waals surface area contributed by atoms with Crippen LogP contribution < -0.4 is 5.32 Å². The van der Waals surface area contributed by atoms with Crippen LogP contribution in [0.1, 0.15) is 24.2 Å². The minimum Gasteiger partial charge on any atom is -0.349 e. The van der Waals surface area contributed by atoms with E-state index >= 15 is 0 Å². The Morgan fingerprint density at radius 1 is 1.24 bits per heavy atom. The molecule has 0 saturated carbocycles. The van der Waals surface area contributed by atoms with Crippen LogP contribution in [-0.2, 0) is 11.2 Å². The van der Waals surface area contributed by atoms with E-state index in [0.717, 1.165) is 16.1 Å². The molecule has 3 rings (SSSR count). The summed E-state index contributed by atoms with van der Waals surface area (Å²) in [4.78, 5) is 16.7. The molecule has 1 heterocycles. The molecule has 0 aliphatic rings. The molecule has 0 spiro atoms. The average Bonchev–Trinajstić information content (AvgIpc) is 3.03. The van der Waals surface area contributed by atoms with Gasteiger partial charge in [0.05, 0.1) is 23.2 Å². The van der Waals surface area contributed by atoms with Crippen LogP contribution in [0.2, 0.25) is 5.02 Å². The number of carbonyl (C=O) groups excluding carboxylic acids is 1. The van der Waals surface area contributed by atoms with Crippen LogP contribution in [0.15, 0.2) is 53.9 Å². The summed E-state index contributed by atoms with van der Waals surface area (Å²) < 4.78 is 13.0. The molecular formula is C19H16ClFN2OS. The summed E-state index contributed by atoms with van der Waals surface area (Å²) in [5, 5.41) is 6.19. The monoisotopic (exact) mass is 374 g/mol. The molecule has 0 radical (unpaired) electrons. The standard InChI is InChI=1S/C19H16ClFN2OS/c1-12(13-6-8-14(21)9-7-13)22-18(24)10-15-11-25-19(23-15)16-4-2-3-5-17(16)20/h2-9,11-12H,10H2,1H3,(H,22,24)/t12-/m0/s1. The minimum absolute atomic E-state index is 0.132. The number of nitrogens with one attached hydrogen (secondary N) is 1. The molecule has 0 saturated heterocycles. The van der Waals surface area contributed by atoms with Gasteiger partial charge in [-0.25, -0.2) is 9.37 Å². The van der Waals surface area contributed by atoms with Crippen LogP contribution >= 0.6 is 22.9 Å². The highest BCUT2D eigenvalue weighted by atomic mass is 35.5. The second-order valence-electron chi connectivity index (χ2n) is 5.64. The predicted molar refractivity (Wildman–Crippen MR) is 99.2 cm³/mol. The van der Waals surface area contributed by atoms with Crippen LogP contribution in [0.25, 0.3) is 10.6 Å². The molecule has 1 amide bonds. The first kappa shape index (κ1) is 17.6. The van der Waals surface area contributed by atoms with Crippen molar-refractivity contribution in [2.24, 2.45) is 0 Å². The van der Waals surface area contributed by atoms with Gasteiger partial charge in [-0.3, -0.25) is 4.79 Å². The van der Waals surface area contributed by atoms with Gasteiger partial charge in [0.1, 0.15) is 10.8 Å². The van der Waals surface area contributed by atoms with Gasteiger partial charge in [-0.1, -0.05) is 41.9 Å². The summed E-state index contributed by atoms with van der Waals surface area (Å²) in [6.45, 7) is 1.86. The van der Waals surface area contributed by atoms with E-state index in [1.165, 1.54) is 23.5 Å². The lowest BCUT2D eigenvalue weighted by atomic mass is 10.1. The molecular weight excluding hydrogens is 359 g/mol. The van der Waals surface area contributed by atoms with Crippen molar-refractivity contribution < 1.29 is 9.18 Å². The van der Waals surface area contributed by atoms with Gasteiger partial charge in [-0.05, 0) is 30.7 Å². The molecule has 2 aromatic carbocycles. The molecule has 1 N–H and O–H groups in total. The number of amides is 1. The number of hydrogen-bond donors (Lipinski definition) is 1. The van der Waals surface area contributed by atoms with E-state index in [0.29, 0.717) is 10.7 Å². The Morgan fingerprint density at radius 2 is 1.96 bits per heavy atom. The average molecular weight is 375 g/mol. The summed E-state index contributed by atoms with van der Waals surface area (Å²) in [7, 11) is 0. The van der Waals surface area contributed by atoms with Gasteiger partial charge in [0, 0.05) is 10.9 Å². The summed E-state index contributed by atoms with van der Waals surface area (Å²) in [6, 6.07) is 13.4. The quantitative estimate of drug-likeness (QED) is 0.681. The van der Waals surface area contributed by atoms with E-state index < -0.39 is 0 Å². The van der Waals surface area contributed by atoms with E-state index in [1.807, 2.05) is 36.6 Å². The number of aromatic nitrogens is 1. The first-order valence-electron chi connectivity index (χ1n) is 7.77. The van der Waals surface area contributed by atoms with Gasteiger partial charge in [0.15, 0.2) is 0 Å². The highest BCUT2D eigenvalue weighted by Gasteiger charge is 2.13. The van der Waals surface area contributed by atoms with E-state index in [1.54, 1.807) is 12.1 Å². The number of thiazole rings is 1. The topological polar surface area (TPSA) is 42.0 Å². The third-order valence-electron chi connectivity index (χ3n) is 3.75. The number of carbonyl (C=O) groups is 1. The van der Waals surface area contributed by atoms with E-state index in [4.69, 9.17) is 11.6 Å². The Bertz CT molecular complexity index is 879. The number of hydrogen-bond acceptors (Lipinski definition) is 3. The first-order valence-corrected chi connectivity index (χ1v) is 9.03. The smallest absolute Gasteiger partial charge is 0.226 e. The third-order valence-corrected chi connectivity index (χ3v) is 5.00. The van der Waals surface area contributed by atoms with Gasteiger partial charge in [0.2, 0.25) is 5.91 Å². The zero-order valence-electron chi connectivity index (χ0n) is 13.5. The highest BCUT2D eigenvalue weighted by Crippen LogP contribution is 2.30. The van der Waals surface area contributed by atoms with E-state index in [9.17, 15) is 9.18 Å². The van der Waals surface area contributed by atoms with Gasteiger partial charge in [-0.15, -0.1) is 11.3 Å². The number of nitrogens with zero attached hydrogens (tertiary/aromatic N) is 1. The molecule has 0 bridgehead atoms. The summed E-state index contributed by atoms with van der Waals surface area (Å²) in [5.41, 5.74) is 2.41. The molecule has 6 heteroatoms. The van der Waals surface area contributed by atoms with Crippen LogP contribution in [0, 0.1) is 5.82 Å². The Labute approximate surface area is 154 Å². The Balaban J connectivity index is 1.64. The molecule has 1 atom stereocenters. The summed E-state index contributed by atoms with van der Waals surface area (Å²) in [5.74, 6) is -0.426. The van der Waals surface area contributed by atoms with Crippen molar-refractivity contribution in [2.75, 3.05) is 0 Å². The Kier molecular flexibility index (Phi) is 5.46. The molecule has 128 valence electrons. The van der Waals surface area contributed by atoms with E-state index in [2.05, 4.69) is 10.3 Å². The van der Waals surface area contributed by atoms with Crippen LogP contribution in [0.5, 0.6) is 0 Å². The fraction of sp³-hybridized carbons (Fsp3) is 0.158. The Hall–Kier alpha value is -2.24. The minimum atomic E-state index is -0.295. The van der Waals surface area contributed by atoms with Crippen molar-refractivity contribution in [3.8, 4) is 10.6 Å². The van der Waals surface area contributed by atoms with E-state index in [-0.39, 0.29) is 24.2 Å². The third kappa shape index (κ3) is 4.44. The lowest BCUT2D eigenvalue weighted by molar-refractivity contribution is -0.121. The molecule has 0 fully saturated rings. The van der Waals surface area contributed by atoms with Gasteiger partial charge >= 0.3 is 0 Å². The van der Waals surface area contributed by atoms with Crippen molar-refractivity contribution >= 4 is 28.8 Å². The molecule has 0 aliphatic carbocycles. The van der Waals surface area contributed by atoms with Gasteiger partial charge in [0.25, 0.3) is 0 Å². The molecule has 0 aliphatic heterocycles. The van der Waals surface area contributed by atoms with Crippen molar-refractivity contribution in [3.63, 3.8) is 0 Å². The second kappa shape index (κ2) is 7.76. The van der Waals surface area contributed by atoms with Crippen molar-refractivity contribution in [1.82, 2.24) is 10.3 Å².